The van der Waals surface area contributed by atoms with E-state index in [4.69, 9.17) is 0 Å². The minimum absolute atomic E-state index is 0.402. The first-order valence-electron chi connectivity index (χ1n) is 3.78. The highest BCUT2D eigenvalue weighted by Crippen LogP contribution is 2.19. The second kappa shape index (κ2) is 3.48. The van der Waals surface area contributed by atoms with Crippen molar-refractivity contribution in [2.24, 2.45) is 0 Å². The molecular weight excluding hydrogens is 158 g/mol. The van der Waals surface area contributed by atoms with Gasteiger partial charge in [-0.3, -0.25) is 0 Å². The Kier molecular flexibility index (Phi) is 2.58. The molecule has 0 N–H and O–H groups in total. The molecule has 0 saturated carbocycles. The fraction of sp³-hybridized carbons (Fsp3) is 0.200. The Bertz CT molecular complexity index is 303. The molecule has 0 heterocycles. The highest BCUT2D eigenvalue weighted by Gasteiger charge is 2.04. The second-order valence-corrected chi connectivity index (χ2v) is 2.58. The molecule has 1 rings (SSSR count). The summed E-state index contributed by atoms with van der Waals surface area (Å²) in [7, 11) is 0. The number of halogens is 2. The van der Waals surface area contributed by atoms with Crippen molar-refractivity contribution in [2.75, 3.05) is 0 Å². The molecule has 0 radical (unpaired) electrons. The van der Waals surface area contributed by atoms with Gasteiger partial charge >= 0.3 is 0 Å². The van der Waals surface area contributed by atoms with Gasteiger partial charge < -0.3 is 0 Å². The second-order valence-electron chi connectivity index (χ2n) is 2.58. The number of hydrogen-bond donors (Lipinski definition) is 0. The molecule has 1 aromatic carbocycles. The Labute approximate surface area is 70.5 Å². The van der Waals surface area contributed by atoms with Crippen molar-refractivity contribution < 1.29 is 8.78 Å². The van der Waals surface area contributed by atoms with Crippen molar-refractivity contribution in [3.8, 4) is 0 Å². The molecule has 0 amide bonds. The van der Waals surface area contributed by atoms with E-state index in [0.717, 1.165) is 6.07 Å². The maximum absolute atomic E-state index is 13.0. The number of allylic oxidation sites excluding steroid dienone is 1. The van der Waals surface area contributed by atoms with Crippen molar-refractivity contribution in [1.29, 1.82) is 0 Å². The summed E-state index contributed by atoms with van der Waals surface area (Å²) in [6, 6.07) is 3.52. The lowest BCUT2D eigenvalue weighted by Gasteiger charge is -2.03. The molecule has 0 fully saturated rings. The molecule has 0 aliphatic heterocycles. The van der Waals surface area contributed by atoms with Crippen LogP contribution in [-0.2, 0) is 0 Å². The fourth-order valence-corrected chi connectivity index (χ4v) is 0.967. The van der Waals surface area contributed by atoms with Crippen LogP contribution in [-0.4, -0.2) is 0 Å². The van der Waals surface area contributed by atoms with Gasteiger partial charge in [0.1, 0.15) is 11.6 Å². The summed E-state index contributed by atoms with van der Waals surface area (Å²) in [5.41, 5.74) is 1.09. The van der Waals surface area contributed by atoms with Crippen LogP contribution in [0.5, 0.6) is 0 Å². The highest BCUT2D eigenvalue weighted by molar-refractivity contribution is 5.63. The molecule has 0 unspecified atom stereocenters. The molecule has 12 heavy (non-hydrogen) atoms. The molecule has 0 nitrogen and oxygen atoms in total. The van der Waals surface area contributed by atoms with E-state index in [1.54, 1.807) is 0 Å². The van der Waals surface area contributed by atoms with E-state index in [1.807, 2.05) is 6.92 Å². The van der Waals surface area contributed by atoms with Gasteiger partial charge in [-0.15, -0.1) is 0 Å². The molecule has 0 atom stereocenters. The predicted molar refractivity (Wildman–Crippen MR) is 45.7 cm³/mol. The Morgan fingerprint density at radius 1 is 1.42 bits per heavy atom. The van der Waals surface area contributed by atoms with Crippen molar-refractivity contribution in [1.82, 2.24) is 0 Å². The first-order valence-corrected chi connectivity index (χ1v) is 3.78. The third-order valence-electron chi connectivity index (χ3n) is 1.74. The van der Waals surface area contributed by atoms with Gasteiger partial charge in [-0.1, -0.05) is 13.5 Å². The predicted octanol–water partition coefficient (Wildman–Crippen LogP) is 3.39. The average molecular weight is 168 g/mol. The molecule has 0 aromatic heterocycles. The van der Waals surface area contributed by atoms with Gasteiger partial charge in [0, 0.05) is 11.6 Å². The fourth-order valence-electron chi connectivity index (χ4n) is 0.967. The molecule has 0 spiro atoms. The van der Waals surface area contributed by atoms with Crippen molar-refractivity contribution in [3.63, 3.8) is 0 Å². The Hall–Kier alpha value is -1.18. The molecule has 64 valence electrons. The third kappa shape index (κ3) is 1.70. The van der Waals surface area contributed by atoms with E-state index in [9.17, 15) is 8.78 Å². The van der Waals surface area contributed by atoms with E-state index < -0.39 is 11.6 Å². The normalized spacial score (nSPS) is 9.92. The summed E-state index contributed by atoms with van der Waals surface area (Å²) in [6.07, 6.45) is 0.669. The quantitative estimate of drug-likeness (QED) is 0.635. The van der Waals surface area contributed by atoms with Crippen LogP contribution in [0, 0.1) is 11.6 Å². The molecular formula is C10H10F2. The van der Waals surface area contributed by atoms with Crippen LogP contribution in [0.4, 0.5) is 8.78 Å². The summed E-state index contributed by atoms with van der Waals surface area (Å²) in [4.78, 5) is 0. The van der Waals surface area contributed by atoms with E-state index in [0.29, 0.717) is 17.6 Å². The molecule has 0 aliphatic carbocycles. The molecule has 0 bridgehead atoms. The zero-order valence-corrected chi connectivity index (χ0v) is 6.90. The van der Waals surface area contributed by atoms with Crippen LogP contribution < -0.4 is 0 Å². The Balaban J connectivity index is 3.09. The number of rotatable bonds is 2. The van der Waals surface area contributed by atoms with Gasteiger partial charge in [0.05, 0.1) is 0 Å². The SMILES string of the molecule is C=C(CC)c1ccc(F)cc1F. The maximum Gasteiger partial charge on any atom is 0.133 e. The van der Waals surface area contributed by atoms with E-state index >= 15 is 0 Å². The van der Waals surface area contributed by atoms with Gasteiger partial charge in [-0.05, 0) is 24.1 Å². The summed E-state index contributed by atoms with van der Waals surface area (Å²) < 4.78 is 25.4. The zero-order chi connectivity index (χ0) is 9.14. The van der Waals surface area contributed by atoms with Crippen LogP contribution in [0.2, 0.25) is 0 Å². The van der Waals surface area contributed by atoms with E-state index in [2.05, 4.69) is 6.58 Å². The van der Waals surface area contributed by atoms with Gasteiger partial charge in [-0.25, -0.2) is 8.78 Å². The van der Waals surface area contributed by atoms with Crippen LogP contribution in [0.3, 0.4) is 0 Å². The lowest BCUT2D eigenvalue weighted by molar-refractivity contribution is 0.580. The van der Waals surface area contributed by atoms with Gasteiger partial charge in [0.2, 0.25) is 0 Å². The molecule has 1 aromatic rings. The van der Waals surface area contributed by atoms with Gasteiger partial charge in [0.25, 0.3) is 0 Å². The topological polar surface area (TPSA) is 0 Å². The van der Waals surface area contributed by atoms with Crippen LogP contribution in [0.1, 0.15) is 18.9 Å². The molecule has 2 heteroatoms. The maximum atomic E-state index is 13.0. The zero-order valence-electron chi connectivity index (χ0n) is 6.90. The lowest BCUT2D eigenvalue weighted by Crippen LogP contribution is -1.88. The summed E-state index contributed by atoms with van der Waals surface area (Å²) >= 11 is 0. The molecule has 0 aliphatic rings. The van der Waals surface area contributed by atoms with E-state index in [1.165, 1.54) is 12.1 Å². The summed E-state index contributed by atoms with van der Waals surface area (Å²) in [5.74, 6) is -1.10. The minimum atomic E-state index is -0.555. The highest BCUT2D eigenvalue weighted by atomic mass is 19.1. The van der Waals surface area contributed by atoms with Crippen molar-refractivity contribution in [2.45, 2.75) is 13.3 Å². The first-order chi connectivity index (χ1) is 5.65. The van der Waals surface area contributed by atoms with Gasteiger partial charge in [0.15, 0.2) is 0 Å². The van der Waals surface area contributed by atoms with Crippen LogP contribution in [0.25, 0.3) is 5.57 Å². The minimum Gasteiger partial charge on any atom is -0.207 e. The molecule has 0 saturated heterocycles. The monoisotopic (exact) mass is 168 g/mol. The Morgan fingerprint density at radius 3 is 2.58 bits per heavy atom. The van der Waals surface area contributed by atoms with Crippen LogP contribution >= 0.6 is 0 Å². The lowest BCUT2D eigenvalue weighted by atomic mass is 10.1. The average Bonchev–Trinajstić information content (AvgIpc) is 2.03. The Morgan fingerprint density at radius 2 is 2.08 bits per heavy atom. The standard InChI is InChI=1S/C10H10F2/c1-3-7(2)9-5-4-8(11)6-10(9)12/h4-6H,2-3H2,1H3. The van der Waals surface area contributed by atoms with Crippen molar-refractivity contribution >= 4 is 5.57 Å². The smallest absolute Gasteiger partial charge is 0.133 e. The number of benzene rings is 1. The summed E-state index contributed by atoms with van der Waals surface area (Å²) in [6.45, 7) is 5.55. The third-order valence-corrected chi connectivity index (χ3v) is 1.74. The number of hydrogen-bond acceptors (Lipinski definition) is 0. The van der Waals surface area contributed by atoms with Gasteiger partial charge in [-0.2, -0.15) is 0 Å². The van der Waals surface area contributed by atoms with Crippen molar-refractivity contribution in [3.05, 3.63) is 42.0 Å². The largest absolute Gasteiger partial charge is 0.207 e. The first kappa shape index (κ1) is 8.91. The summed E-state index contributed by atoms with van der Waals surface area (Å²) in [5, 5.41) is 0. The van der Waals surface area contributed by atoms with E-state index in [-0.39, 0.29) is 0 Å². The van der Waals surface area contributed by atoms with Crippen LogP contribution in [0.15, 0.2) is 24.8 Å².